The van der Waals surface area contributed by atoms with E-state index in [1.807, 2.05) is 17.5 Å². The van der Waals surface area contributed by atoms with Crippen LogP contribution >= 0.6 is 35.1 Å². The van der Waals surface area contributed by atoms with Crippen molar-refractivity contribution in [3.05, 3.63) is 33.5 Å². The molecule has 1 fully saturated rings. The molecular weight excluding hydrogens is 286 g/mol. The molecular formula is C12H16ClN3S2. The molecule has 3 rings (SSSR count). The van der Waals surface area contributed by atoms with E-state index in [-0.39, 0.29) is 12.4 Å². The van der Waals surface area contributed by atoms with Crippen molar-refractivity contribution in [1.82, 2.24) is 9.88 Å². The summed E-state index contributed by atoms with van der Waals surface area (Å²) in [4.78, 5) is 9.41. The van der Waals surface area contributed by atoms with E-state index in [1.54, 1.807) is 11.3 Å². The molecule has 3 nitrogen and oxygen atoms in total. The molecule has 0 radical (unpaired) electrons. The Balaban J connectivity index is 0.00000120. The highest BCUT2D eigenvalue weighted by atomic mass is 35.5. The summed E-state index contributed by atoms with van der Waals surface area (Å²) in [6.45, 7) is 2.16. The van der Waals surface area contributed by atoms with Crippen molar-refractivity contribution < 1.29 is 0 Å². The minimum atomic E-state index is 0. The van der Waals surface area contributed by atoms with Crippen LogP contribution in [0.2, 0.25) is 0 Å². The Labute approximate surface area is 121 Å². The number of hydrogen-bond donors (Lipinski definition) is 1. The summed E-state index contributed by atoms with van der Waals surface area (Å²) in [5, 5.41) is 2.84. The number of halogens is 1. The highest BCUT2D eigenvalue weighted by molar-refractivity contribution is 7.15. The average molecular weight is 302 g/mol. The number of hydrogen-bond acceptors (Lipinski definition) is 5. The first-order valence-corrected chi connectivity index (χ1v) is 7.50. The number of nitrogen functional groups attached to an aromatic ring is 1. The Morgan fingerprint density at radius 1 is 1.50 bits per heavy atom. The maximum absolute atomic E-state index is 5.67. The molecule has 0 bridgehead atoms. The van der Waals surface area contributed by atoms with Crippen LogP contribution in [0.3, 0.4) is 0 Å². The maximum Gasteiger partial charge on any atom is 0.180 e. The topological polar surface area (TPSA) is 42.1 Å². The zero-order valence-corrected chi connectivity index (χ0v) is 12.4. The number of nitrogens with two attached hydrogens (primary N) is 1. The summed E-state index contributed by atoms with van der Waals surface area (Å²) < 4.78 is 0. The van der Waals surface area contributed by atoms with Gasteiger partial charge in [0.25, 0.3) is 0 Å². The highest BCUT2D eigenvalue weighted by Crippen LogP contribution is 2.36. The lowest BCUT2D eigenvalue weighted by Crippen LogP contribution is -2.21. The highest BCUT2D eigenvalue weighted by Gasteiger charge is 2.26. The van der Waals surface area contributed by atoms with E-state index < -0.39 is 0 Å². The van der Waals surface area contributed by atoms with Crippen molar-refractivity contribution in [2.45, 2.75) is 25.4 Å². The summed E-state index contributed by atoms with van der Waals surface area (Å²) in [5.41, 5.74) is 5.67. The van der Waals surface area contributed by atoms with Gasteiger partial charge in [-0.15, -0.1) is 35.1 Å². The third kappa shape index (κ3) is 2.85. The first-order chi connectivity index (χ1) is 8.33. The van der Waals surface area contributed by atoms with Crippen molar-refractivity contribution in [3.8, 4) is 0 Å². The third-order valence-electron chi connectivity index (χ3n) is 3.17. The minimum absolute atomic E-state index is 0. The summed E-state index contributed by atoms with van der Waals surface area (Å²) >= 11 is 3.46. The fourth-order valence-corrected chi connectivity index (χ4v) is 4.02. The Morgan fingerprint density at radius 2 is 2.39 bits per heavy atom. The normalized spacial score (nSPS) is 19.9. The molecule has 0 amide bonds. The van der Waals surface area contributed by atoms with Crippen LogP contribution in [0.5, 0.6) is 0 Å². The smallest absolute Gasteiger partial charge is 0.180 e. The minimum Gasteiger partial charge on any atom is -0.375 e. The summed E-state index contributed by atoms with van der Waals surface area (Å²) in [6, 6.07) is 4.98. The number of likely N-dealkylation sites (tertiary alicyclic amines) is 1. The zero-order valence-electron chi connectivity index (χ0n) is 9.91. The lowest BCUT2D eigenvalue weighted by Gasteiger charge is -2.22. The van der Waals surface area contributed by atoms with E-state index in [9.17, 15) is 0 Å². The monoisotopic (exact) mass is 301 g/mol. The van der Waals surface area contributed by atoms with Crippen molar-refractivity contribution in [2.24, 2.45) is 0 Å². The molecule has 1 saturated heterocycles. The second-order valence-corrected chi connectivity index (χ2v) is 6.43. The Hall–Kier alpha value is -0.620. The molecule has 1 aliphatic heterocycles. The first kappa shape index (κ1) is 13.8. The predicted molar refractivity (Wildman–Crippen MR) is 80.5 cm³/mol. The third-order valence-corrected chi connectivity index (χ3v) is 4.95. The fourth-order valence-electron chi connectivity index (χ4n) is 2.41. The van der Waals surface area contributed by atoms with Crippen molar-refractivity contribution >= 4 is 40.2 Å². The van der Waals surface area contributed by atoms with Gasteiger partial charge in [0.1, 0.15) is 0 Å². The number of rotatable bonds is 3. The van der Waals surface area contributed by atoms with Crippen LogP contribution in [0.4, 0.5) is 5.13 Å². The van der Waals surface area contributed by atoms with Crippen LogP contribution in [-0.2, 0) is 6.54 Å². The number of anilines is 1. The molecule has 6 heteroatoms. The second kappa shape index (κ2) is 6.02. The Bertz CT molecular complexity index is 483. The lowest BCUT2D eigenvalue weighted by molar-refractivity contribution is 0.254. The van der Waals surface area contributed by atoms with E-state index in [1.165, 1.54) is 29.1 Å². The molecule has 0 spiro atoms. The van der Waals surface area contributed by atoms with E-state index in [0.717, 1.165) is 6.54 Å². The molecule has 0 saturated carbocycles. The molecule has 98 valence electrons. The van der Waals surface area contributed by atoms with Gasteiger partial charge in [0.05, 0.1) is 0 Å². The van der Waals surface area contributed by atoms with Gasteiger partial charge in [-0.25, -0.2) is 4.98 Å². The molecule has 18 heavy (non-hydrogen) atoms. The van der Waals surface area contributed by atoms with Gasteiger partial charge < -0.3 is 5.73 Å². The number of aromatic nitrogens is 1. The number of thiophene rings is 1. The SMILES string of the molecule is Cl.Nc1ncc(CN2CCCC2c2cccs2)s1. The fraction of sp³-hybridized carbons (Fsp3) is 0.417. The molecule has 1 unspecified atom stereocenters. The van der Waals surface area contributed by atoms with E-state index >= 15 is 0 Å². The van der Waals surface area contributed by atoms with Crippen LogP contribution in [0, 0.1) is 0 Å². The second-order valence-electron chi connectivity index (χ2n) is 4.31. The molecule has 1 aliphatic rings. The average Bonchev–Trinajstić information content (AvgIpc) is 3.00. The van der Waals surface area contributed by atoms with Crippen LogP contribution < -0.4 is 5.73 Å². The zero-order chi connectivity index (χ0) is 11.7. The van der Waals surface area contributed by atoms with Crippen LogP contribution in [0.1, 0.15) is 28.6 Å². The van der Waals surface area contributed by atoms with Gasteiger partial charge in [0, 0.05) is 28.5 Å². The molecule has 1 atom stereocenters. The van der Waals surface area contributed by atoms with Crippen LogP contribution in [0.15, 0.2) is 23.7 Å². The van der Waals surface area contributed by atoms with Crippen molar-refractivity contribution in [2.75, 3.05) is 12.3 Å². The van der Waals surface area contributed by atoms with Gasteiger partial charge in [-0.3, -0.25) is 4.90 Å². The van der Waals surface area contributed by atoms with Gasteiger partial charge in [0.2, 0.25) is 0 Å². The molecule has 2 aromatic rings. The molecule has 2 N–H and O–H groups in total. The Kier molecular flexibility index (Phi) is 4.61. The van der Waals surface area contributed by atoms with E-state index in [4.69, 9.17) is 5.73 Å². The van der Waals surface area contributed by atoms with Crippen molar-refractivity contribution in [3.63, 3.8) is 0 Å². The van der Waals surface area contributed by atoms with Gasteiger partial charge in [0.15, 0.2) is 5.13 Å². The maximum atomic E-state index is 5.67. The summed E-state index contributed by atoms with van der Waals surface area (Å²) in [6.07, 6.45) is 4.47. The molecule has 2 aromatic heterocycles. The largest absolute Gasteiger partial charge is 0.375 e. The number of thiazole rings is 1. The molecule has 0 aromatic carbocycles. The quantitative estimate of drug-likeness (QED) is 0.943. The van der Waals surface area contributed by atoms with Gasteiger partial charge in [-0.05, 0) is 30.8 Å². The van der Waals surface area contributed by atoms with Crippen LogP contribution in [-0.4, -0.2) is 16.4 Å². The lowest BCUT2D eigenvalue weighted by atomic mass is 10.2. The van der Waals surface area contributed by atoms with Gasteiger partial charge in [-0.2, -0.15) is 0 Å². The Morgan fingerprint density at radius 3 is 3.06 bits per heavy atom. The van der Waals surface area contributed by atoms with Crippen molar-refractivity contribution in [1.29, 1.82) is 0 Å². The predicted octanol–water partition coefficient (Wildman–Crippen LogP) is 3.55. The summed E-state index contributed by atoms with van der Waals surface area (Å²) in [7, 11) is 0. The molecule has 3 heterocycles. The van der Waals surface area contributed by atoms with E-state index in [2.05, 4.69) is 27.4 Å². The van der Waals surface area contributed by atoms with Gasteiger partial charge in [-0.1, -0.05) is 6.07 Å². The van der Waals surface area contributed by atoms with E-state index in [0.29, 0.717) is 11.2 Å². The summed E-state index contributed by atoms with van der Waals surface area (Å²) in [5.74, 6) is 0. The molecule has 0 aliphatic carbocycles. The standard InChI is InChI=1S/C12H15N3S2.ClH/c13-12-14-7-9(17-12)8-15-5-1-3-10(15)11-4-2-6-16-11;/h2,4,6-7,10H,1,3,5,8H2,(H2,13,14);1H. The van der Waals surface area contributed by atoms with Crippen LogP contribution in [0.25, 0.3) is 0 Å². The van der Waals surface area contributed by atoms with Gasteiger partial charge >= 0.3 is 0 Å². The first-order valence-electron chi connectivity index (χ1n) is 5.80. The number of nitrogens with zero attached hydrogens (tertiary/aromatic N) is 2.